The predicted molar refractivity (Wildman–Crippen MR) is 215 cm³/mol. The van der Waals surface area contributed by atoms with Crippen molar-refractivity contribution in [2.24, 2.45) is 123 Å². The van der Waals surface area contributed by atoms with Crippen LogP contribution in [0, 0.1) is 123 Å². The lowest BCUT2D eigenvalue weighted by molar-refractivity contribution is 0.00296. The van der Waals surface area contributed by atoms with Crippen molar-refractivity contribution >= 4 is 0 Å². The Hall–Kier alpha value is -0.260. The molecule has 0 bridgehead atoms. The molecule has 0 heteroatoms. The molecular weight excluding hydrogens is 613 g/mol. The minimum absolute atomic E-state index is 0.554. The van der Waals surface area contributed by atoms with Crippen molar-refractivity contribution in [2.45, 2.75) is 183 Å². The van der Waals surface area contributed by atoms with Gasteiger partial charge in [0.15, 0.2) is 0 Å². The van der Waals surface area contributed by atoms with E-state index in [9.17, 15) is 0 Å². The Bertz CT molecular complexity index is 1230. The number of allylic oxidation sites excluding steroid dienone is 2. The van der Waals surface area contributed by atoms with E-state index in [0.717, 1.165) is 107 Å². The van der Waals surface area contributed by atoms with Crippen molar-refractivity contribution in [3.05, 3.63) is 12.2 Å². The molecule has 0 aliphatic heterocycles. The van der Waals surface area contributed by atoms with Crippen LogP contribution < -0.4 is 0 Å². The lowest BCUT2D eigenvalue weighted by Gasteiger charge is -2.50. The van der Waals surface area contributed by atoms with Gasteiger partial charge in [0, 0.05) is 0 Å². The maximum absolute atomic E-state index is 2.90. The van der Waals surface area contributed by atoms with Crippen molar-refractivity contribution in [2.75, 3.05) is 0 Å². The number of hydrogen-bond acceptors (Lipinski definition) is 0. The fourth-order valence-electron chi connectivity index (χ4n) is 19.7. The molecule has 0 radical (unpaired) electrons. The van der Waals surface area contributed by atoms with Crippen LogP contribution in [0.1, 0.15) is 183 Å². The molecule has 0 spiro atoms. The van der Waals surface area contributed by atoms with Crippen molar-refractivity contribution in [3.8, 4) is 0 Å². The molecule has 0 aromatic carbocycles. The van der Waals surface area contributed by atoms with Gasteiger partial charge in [0.2, 0.25) is 0 Å². The van der Waals surface area contributed by atoms with Crippen molar-refractivity contribution < 1.29 is 0 Å². The molecule has 9 fully saturated rings. The van der Waals surface area contributed by atoms with E-state index in [-0.39, 0.29) is 0 Å². The van der Waals surface area contributed by atoms with Gasteiger partial charge in [-0.1, -0.05) is 92.2 Å². The van der Waals surface area contributed by atoms with E-state index in [1.807, 2.05) is 0 Å². The van der Waals surface area contributed by atoms with E-state index in [2.05, 4.69) is 53.7 Å². The Labute approximate surface area is 316 Å². The van der Waals surface area contributed by atoms with Crippen LogP contribution >= 0.6 is 0 Å². The molecule has 0 aromatic heterocycles. The summed E-state index contributed by atoms with van der Waals surface area (Å²) in [6.45, 7) is 16.5. The second-order valence-electron chi connectivity index (χ2n) is 24.3. The molecule has 10 aliphatic carbocycles. The standard InChI is InChI=1S/C51H82/c1-49(2)43-16-10-7-13-37(43)40-22-19-31(28-46(40)49)34-25-35(32-20-23-41-38-14-8-11-17-44(38)50(3,4)47(41)29-32)27-36(26-34)33-21-24-42-39-15-9-12-18-45(39)51(5,6)48(42)30-33/h19,22,31-48H,7-18,20-21,23-30H2,1-6H3. The first-order valence-corrected chi connectivity index (χ1v) is 24.2. The van der Waals surface area contributed by atoms with Gasteiger partial charge in [0.05, 0.1) is 0 Å². The fourth-order valence-corrected chi connectivity index (χ4v) is 19.7. The third-order valence-electron chi connectivity index (χ3n) is 22.0. The lowest BCUT2D eigenvalue weighted by atomic mass is 9.55. The highest BCUT2D eigenvalue weighted by atomic mass is 14.7. The molecule has 0 N–H and O–H groups in total. The monoisotopic (exact) mass is 695 g/mol. The SMILES string of the molecule is CC1(C)C2CC(C3CC(C4CCC5C6CCCCC6C(C)(C)C5C4)CC(C4CCC5C6CCCCC6C(C)(C)C5C4)C3)C=CC2C2CCCCC21. The maximum atomic E-state index is 2.90. The zero-order valence-corrected chi connectivity index (χ0v) is 34.6. The Balaban J connectivity index is 0.917. The minimum Gasteiger partial charge on any atom is -0.0848 e. The molecular formula is C51H82. The van der Waals surface area contributed by atoms with Gasteiger partial charge in [-0.2, -0.15) is 0 Å². The van der Waals surface area contributed by atoms with E-state index in [1.54, 1.807) is 89.9 Å². The third-order valence-corrected chi connectivity index (χ3v) is 22.0. The van der Waals surface area contributed by atoms with Gasteiger partial charge in [-0.05, 0) is 226 Å². The van der Waals surface area contributed by atoms with E-state index in [4.69, 9.17) is 0 Å². The summed E-state index contributed by atoms with van der Waals surface area (Å²) in [5.41, 5.74) is 1.74. The van der Waals surface area contributed by atoms with Crippen molar-refractivity contribution in [3.63, 3.8) is 0 Å². The summed E-state index contributed by atoms with van der Waals surface area (Å²) in [5, 5.41) is 0. The predicted octanol–water partition coefficient (Wildman–Crippen LogP) is 14.4. The van der Waals surface area contributed by atoms with Crippen LogP contribution in [0.2, 0.25) is 0 Å². The zero-order valence-electron chi connectivity index (χ0n) is 34.6. The van der Waals surface area contributed by atoms with Gasteiger partial charge in [-0.15, -0.1) is 0 Å². The lowest BCUT2D eigenvalue weighted by Crippen LogP contribution is -2.41. The molecule has 0 nitrogen and oxygen atoms in total. The average molecular weight is 695 g/mol. The Morgan fingerprint density at radius 3 is 1.25 bits per heavy atom. The highest BCUT2D eigenvalue weighted by molar-refractivity contribution is 5.16. The maximum Gasteiger partial charge on any atom is -0.0168 e. The third kappa shape index (κ3) is 5.49. The van der Waals surface area contributed by atoms with Crippen LogP contribution in [0.3, 0.4) is 0 Å². The summed E-state index contributed by atoms with van der Waals surface area (Å²) in [4.78, 5) is 0. The molecule has 0 aromatic rings. The van der Waals surface area contributed by atoms with Gasteiger partial charge in [0.1, 0.15) is 0 Å². The largest absolute Gasteiger partial charge is 0.0848 e. The van der Waals surface area contributed by atoms with Crippen molar-refractivity contribution in [1.82, 2.24) is 0 Å². The Morgan fingerprint density at radius 1 is 0.314 bits per heavy atom. The van der Waals surface area contributed by atoms with Crippen LogP contribution in [0.4, 0.5) is 0 Å². The fraction of sp³-hybridized carbons (Fsp3) is 0.961. The average Bonchev–Trinajstić information content (AvgIpc) is 3.64. The van der Waals surface area contributed by atoms with E-state index in [0.29, 0.717) is 16.2 Å². The second kappa shape index (κ2) is 12.9. The summed E-state index contributed by atoms with van der Waals surface area (Å²) in [7, 11) is 0. The van der Waals surface area contributed by atoms with Crippen LogP contribution in [0.25, 0.3) is 0 Å². The van der Waals surface area contributed by atoms with Gasteiger partial charge in [0.25, 0.3) is 0 Å². The summed E-state index contributed by atoms with van der Waals surface area (Å²) in [5.74, 6) is 18.3. The topological polar surface area (TPSA) is 0 Å². The molecule has 51 heavy (non-hydrogen) atoms. The molecule has 17 atom stereocenters. The van der Waals surface area contributed by atoms with E-state index < -0.39 is 0 Å². The first kappa shape index (κ1) is 35.2. The normalized spacial score (nSPS) is 55.1. The van der Waals surface area contributed by atoms with Gasteiger partial charge in [-0.3, -0.25) is 0 Å². The highest BCUT2D eigenvalue weighted by Gasteiger charge is 2.60. The van der Waals surface area contributed by atoms with Gasteiger partial charge < -0.3 is 0 Å². The van der Waals surface area contributed by atoms with Crippen molar-refractivity contribution in [1.29, 1.82) is 0 Å². The summed E-state index contributed by atoms with van der Waals surface area (Å²) >= 11 is 0. The summed E-state index contributed by atoms with van der Waals surface area (Å²) in [6, 6.07) is 0. The molecule has 17 unspecified atom stereocenters. The first-order chi connectivity index (χ1) is 24.5. The zero-order chi connectivity index (χ0) is 34.9. The molecule has 0 saturated heterocycles. The number of hydrogen-bond donors (Lipinski definition) is 0. The molecule has 10 aliphatic rings. The summed E-state index contributed by atoms with van der Waals surface area (Å²) in [6.07, 6.45) is 40.2. The van der Waals surface area contributed by atoms with Gasteiger partial charge >= 0.3 is 0 Å². The Morgan fingerprint density at radius 2 is 0.725 bits per heavy atom. The van der Waals surface area contributed by atoms with Gasteiger partial charge in [-0.25, -0.2) is 0 Å². The molecule has 9 saturated carbocycles. The quantitative estimate of drug-likeness (QED) is 0.258. The molecule has 10 rings (SSSR count). The molecule has 0 amide bonds. The Kier molecular flexibility index (Phi) is 8.89. The molecule has 286 valence electrons. The van der Waals surface area contributed by atoms with Crippen LogP contribution in [-0.4, -0.2) is 0 Å². The minimum atomic E-state index is 0.554. The van der Waals surface area contributed by atoms with Crippen LogP contribution in [0.5, 0.6) is 0 Å². The first-order valence-electron chi connectivity index (χ1n) is 24.2. The van der Waals surface area contributed by atoms with E-state index in [1.165, 1.54) is 51.4 Å². The molecule has 0 heterocycles. The number of rotatable bonds is 3. The second-order valence-corrected chi connectivity index (χ2v) is 24.3. The summed E-state index contributed by atoms with van der Waals surface area (Å²) < 4.78 is 0. The van der Waals surface area contributed by atoms with Crippen LogP contribution in [0.15, 0.2) is 12.2 Å². The highest BCUT2D eigenvalue weighted by Crippen LogP contribution is 2.68. The van der Waals surface area contributed by atoms with E-state index >= 15 is 0 Å². The van der Waals surface area contributed by atoms with Crippen LogP contribution in [-0.2, 0) is 0 Å². The smallest absolute Gasteiger partial charge is 0.0168 e. The number of fused-ring (bicyclic) bond motifs is 9.